The van der Waals surface area contributed by atoms with Gasteiger partial charge in [-0.25, -0.2) is 4.79 Å². The van der Waals surface area contributed by atoms with Crippen molar-refractivity contribution in [2.75, 3.05) is 13.1 Å². The van der Waals surface area contributed by atoms with Gasteiger partial charge >= 0.3 is 5.97 Å². The van der Waals surface area contributed by atoms with E-state index in [1.807, 2.05) is 0 Å². The van der Waals surface area contributed by atoms with Gasteiger partial charge in [-0.15, -0.1) is 0 Å². The molecule has 1 saturated heterocycles. The molecule has 1 atom stereocenters. The van der Waals surface area contributed by atoms with Crippen LogP contribution in [0.5, 0.6) is 0 Å². The first-order chi connectivity index (χ1) is 12.4. The Morgan fingerprint density at radius 2 is 1.92 bits per heavy atom. The maximum Gasteiger partial charge on any atom is 0.334 e. The first-order valence-electron chi connectivity index (χ1n) is 8.95. The van der Waals surface area contributed by atoms with Crippen molar-refractivity contribution in [1.29, 1.82) is 0 Å². The third-order valence-electron chi connectivity index (χ3n) is 4.66. The molecule has 1 aliphatic rings. The van der Waals surface area contributed by atoms with E-state index in [1.165, 1.54) is 4.90 Å². The Balaban J connectivity index is 2.42. The van der Waals surface area contributed by atoms with Gasteiger partial charge in [0.2, 0.25) is 5.91 Å². The molecule has 1 aromatic rings. The highest BCUT2D eigenvalue weighted by Crippen LogP contribution is 2.22. The van der Waals surface area contributed by atoms with Crippen molar-refractivity contribution in [3.05, 3.63) is 35.4 Å². The number of rotatable bonds is 7. The molecule has 1 aliphatic heterocycles. The molecule has 142 valence electrons. The zero-order valence-corrected chi connectivity index (χ0v) is 15.3. The van der Waals surface area contributed by atoms with Gasteiger partial charge in [0.1, 0.15) is 0 Å². The number of Topliss-reactive ketones (excluding diaryl/α,β-unsaturated/α-hetero) is 1. The average molecular weight is 361 g/mol. The van der Waals surface area contributed by atoms with Crippen LogP contribution in [0, 0.1) is 5.92 Å². The number of ketones is 1. The summed E-state index contributed by atoms with van der Waals surface area (Å²) >= 11 is 0. The smallest absolute Gasteiger partial charge is 0.334 e. The molecular formula is C19H27N3O4. The maximum absolute atomic E-state index is 13.0. The fourth-order valence-corrected chi connectivity index (χ4v) is 3.27. The second-order valence-corrected chi connectivity index (χ2v) is 6.89. The fourth-order valence-electron chi connectivity index (χ4n) is 3.27. The highest BCUT2D eigenvalue weighted by atomic mass is 16.4. The molecular weight excluding hydrogens is 334 g/mol. The summed E-state index contributed by atoms with van der Waals surface area (Å²) in [6.45, 7) is 5.07. The topological polar surface area (TPSA) is 113 Å². The Labute approximate surface area is 153 Å². The van der Waals surface area contributed by atoms with Crippen LogP contribution < -0.4 is 11.1 Å². The lowest BCUT2D eigenvalue weighted by Crippen LogP contribution is -2.57. The minimum Gasteiger partial charge on any atom is -0.479 e. The lowest BCUT2D eigenvalue weighted by atomic mass is 9.95. The third-order valence-corrected chi connectivity index (χ3v) is 4.66. The van der Waals surface area contributed by atoms with E-state index in [2.05, 4.69) is 5.32 Å². The first-order valence-corrected chi connectivity index (χ1v) is 8.95. The van der Waals surface area contributed by atoms with Gasteiger partial charge in [0.15, 0.2) is 11.8 Å². The van der Waals surface area contributed by atoms with Crippen LogP contribution >= 0.6 is 0 Å². The van der Waals surface area contributed by atoms with Gasteiger partial charge in [-0.3, -0.25) is 9.59 Å². The molecule has 0 aliphatic carbocycles. The summed E-state index contributed by atoms with van der Waals surface area (Å²) in [4.78, 5) is 39.2. The molecule has 7 heteroatoms. The summed E-state index contributed by atoms with van der Waals surface area (Å²) in [6.07, 6.45) is 1.25. The van der Waals surface area contributed by atoms with Gasteiger partial charge < -0.3 is 21.1 Å². The molecule has 26 heavy (non-hydrogen) atoms. The quantitative estimate of drug-likeness (QED) is 0.494. The number of hydrogen-bond donors (Lipinski definition) is 3. The largest absolute Gasteiger partial charge is 0.479 e. The second kappa shape index (κ2) is 8.91. The predicted octanol–water partition coefficient (Wildman–Crippen LogP) is 1.02. The number of carbonyl (C=O) groups is 3. The molecule has 1 aromatic carbocycles. The molecule has 0 radical (unpaired) electrons. The number of carboxylic acid groups (broad SMARTS) is 1. The lowest BCUT2D eigenvalue weighted by molar-refractivity contribution is -0.152. The van der Waals surface area contributed by atoms with Crippen molar-refractivity contribution in [3.63, 3.8) is 0 Å². The average Bonchev–Trinajstić information content (AvgIpc) is 2.65. The van der Waals surface area contributed by atoms with E-state index in [0.717, 1.165) is 5.56 Å². The number of benzene rings is 1. The van der Waals surface area contributed by atoms with Crippen molar-refractivity contribution in [2.24, 2.45) is 11.7 Å². The number of aliphatic carboxylic acids is 1. The number of piperidine rings is 1. The summed E-state index contributed by atoms with van der Waals surface area (Å²) in [7, 11) is 0. The molecule has 1 fully saturated rings. The molecule has 1 heterocycles. The number of carboxylic acids is 1. The van der Waals surface area contributed by atoms with Crippen molar-refractivity contribution in [1.82, 2.24) is 10.2 Å². The highest BCUT2D eigenvalue weighted by Gasteiger charge is 2.41. The molecule has 0 aromatic heterocycles. The maximum atomic E-state index is 13.0. The molecule has 4 N–H and O–H groups in total. The van der Waals surface area contributed by atoms with E-state index in [4.69, 9.17) is 5.73 Å². The normalized spacial score (nSPS) is 16.3. The summed E-state index contributed by atoms with van der Waals surface area (Å²) in [5.74, 6) is -2.59. The zero-order valence-electron chi connectivity index (χ0n) is 15.3. The van der Waals surface area contributed by atoms with Crippen LogP contribution in [-0.4, -0.2) is 52.8 Å². The van der Waals surface area contributed by atoms with Crippen LogP contribution in [0.25, 0.3) is 0 Å². The van der Waals surface area contributed by atoms with Crippen LogP contribution in [0.3, 0.4) is 0 Å². The van der Waals surface area contributed by atoms with Gasteiger partial charge in [0.05, 0.1) is 0 Å². The number of nitrogens with one attached hydrogen (secondary N) is 1. The lowest BCUT2D eigenvalue weighted by Gasteiger charge is -2.38. The molecule has 0 spiro atoms. The van der Waals surface area contributed by atoms with Crippen molar-refractivity contribution in [2.45, 2.75) is 45.3 Å². The summed E-state index contributed by atoms with van der Waals surface area (Å²) < 4.78 is 0. The number of nitrogens with two attached hydrogens (primary N) is 1. The Morgan fingerprint density at radius 1 is 1.27 bits per heavy atom. The Hall–Kier alpha value is -2.25. The van der Waals surface area contributed by atoms with Crippen LogP contribution in [-0.2, 0) is 16.1 Å². The van der Waals surface area contributed by atoms with Crippen molar-refractivity contribution < 1.29 is 19.5 Å². The minimum absolute atomic E-state index is 0.252. The van der Waals surface area contributed by atoms with E-state index >= 15 is 0 Å². The van der Waals surface area contributed by atoms with E-state index in [-0.39, 0.29) is 24.1 Å². The summed E-state index contributed by atoms with van der Waals surface area (Å²) in [5, 5.41) is 13.0. The molecule has 1 amide bonds. The standard InChI is InChI=1S/C19H27N3O4/c1-12(2)18(24)22(15-6-8-21-9-7-15)16(19(25)26)17(23)14-5-3-4-13(10-14)11-20/h3-5,10,12,15-16,21H,6-9,11,20H2,1-2H3,(H,25,26)/t16-/m0/s1. The predicted molar refractivity (Wildman–Crippen MR) is 97.7 cm³/mol. The van der Waals surface area contributed by atoms with Crippen LogP contribution in [0.2, 0.25) is 0 Å². The van der Waals surface area contributed by atoms with Crippen LogP contribution in [0.15, 0.2) is 24.3 Å². The van der Waals surface area contributed by atoms with Gasteiger partial charge in [-0.05, 0) is 37.6 Å². The molecule has 0 saturated carbocycles. The first kappa shape index (κ1) is 20.1. The Kier molecular flexibility index (Phi) is 6.88. The van der Waals surface area contributed by atoms with E-state index in [1.54, 1.807) is 38.1 Å². The van der Waals surface area contributed by atoms with Gasteiger partial charge in [0.25, 0.3) is 0 Å². The zero-order chi connectivity index (χ0) is 19.3. The number of amides is 1. The van der Waals surface area contributed by atoms with Gasteiger partial charge in [-0.1, -0.05) is 32.0 Å². The van der Waals surface area contributed by atoms with Crippen LogP contribution in [0.1, 0.15) is 42.6 Å². The fraction of sp³-hybridized carbons (Fsp3) is 0.526. The Bertz CT molecular complexity index is 669. The van der Waals surface area contributed by atoms with E-state index < -0.39 is 23.7 Å². The van der Waals surface area contributed by atoms with Crippen molar-refractivity contribution in [3.8, 4) is 0 Å². The number of hydrogen-bond acceptors (Lipinski definition) is 5. The summed E-state index contributed by atoms with van der Waals surface area (Å²) in [6, 6.07) is 4.82. The SMILES string of the molecule is CC(C)C(=O)N(C1CCNCC1)[C@H](C(=O)O)C(=O)c1cccc(CN)c1. The monoisotopic (exact) mass is 361 g/mol. The minimum atomic E-state index is -1.53. The number of carbonyl (C=O) groups excluding carboxylic acids is 2. The van der Waals surface area contributed by atoms with Gasteiger partial charge in [0, 0.05) is 24.1 Å². The van der Waals surface area contributed by atoms with Crippen LogP contribution in [0.4, 0.5) is 0 Å². The molecule has 0 unspecified atom stereocenters. The van der Waals surface area contributed by atoms with E-state index in [9.17, 15) is 19.5 Å². The number of nitrogens with zero attached hydrogens (tertiary/aromatic N) is 1. The summed E-state index contributed by atoms with van der Waals surface area (Å²) in [5.41, 5.74) is 6.62. The highest BCUT2D eigenvalue weighted by molar-refractivity contribution is 6.13. The molecule has 0 bridgehead atoms. The van der Waals surface area contributed by atoms with Gasteiger partial charge in [-0.2, -0.15) is 0 Å². The Morgan fingerprint density at radius 3 is 2.46 bits per heavy atom. The third kappa shape index (κ3) is 4.47. The molecule has 7 nitrogen and oxygen atoms in total. The second-order valence-electron chi connectivity index (χ2n) is 6.89. The van der Waals surface area contributed by atoms with Crippen molar-refractivity contribution >= 4 is 17.7 Å². The van der Waals surface area contributed by atoms with E-state index in [0.29, 0.717) is 25.9 Å². The molecule has 2 rings (SSSR count).